The number of rotatable bonds is 13. The average Bonchev–Trinajstić information content (AvgIpc) is 4.15. The number of pyridine rings is 1. The Bertz CT molecular complexity index is 2620. The van der Waals surface area contributed by atoms with Crippen molar-refractivity contribution in [3.63, 3.8) is 0 Å². The predicted molar refractivity (Wildman–Crippen MR) is 254 cm³/mol. The van der Waals surface area contributed by atoms with Crippen LogP contribution in [0.1, 0.15) is 100 Å². The largest absolute Gasteiger partial charge is 0.497 e. The van der Waals surface area contributed by atoms with Gasteiger partial charge in [0.25, 0.3) is 11.8 Å². The van der Waals surface area contributed by atoms with Gasteiger partial charge in [-0.2, -0.15) is 0 Å². The normalized spacial score (nSPS) is 26.7. The highest BCUT2D eigenvalue weighted by molar-refractivity contribution is 7.91. The summed E-state index contributed by atoms with van der Waals surface area (Å²) in [7, 11) is -1.11. The summed E-state index contributed by atoms with van der Waals surface area (Å²) in [6.07, 6.45) is 2.67. The van der Waals surface area contributed by atoms with Crippen LogP contribution in [-0.2, 0) is 24.4 Å². The lowest BCUT2D eigenvalue weighted by Gasteiger charge is -2.47. The number of ether oxygens (including phenoxy) is 4. The number of amides is 4. The SMILES string of the molecule is COc1ccc2c(O[C@@H]3C[C@H]4C(=O)N[C@]5(C(=O)NS(=O)(=O)C6(C)CC6)C[C@H]5/C=C\CC[C@H](C)C[C@@H](C)[C@H](N(C(=O)O)C(C)(C)C(C)(F)F)C(=O)N4C3)nc(-c3ccc(OC(C)C)cc3)c(OC)c2c1. The lowest BCUT2D eigenvalue weighted by Crippen LogP contribution is -2.66. The van der Waals surface area contributed by atoms with E-state index < -0.39 is 85.6 Å². The number of benzene rings is 2. The Morgan fingerprint density at radius 1 is 1.00 bits per heavy atom. The highest BCUT2D eigenvalue weighted by atomic mass is 32.2. The number of alkyl halides is 2. The zero-order chi connectivity index (χ0) is 50.6. The minimum absolute atomic E-state index is 0.0637. The zero-order valence-corrected chi connectivity index (χ0v) is 41.7. The summed E-state index contributed by atoms with van der Waals surface area (Å²) < 4.78 is 83.2. The minimum Gasteiger partial charge on any atom is -0.497 e. The molecular weight excluding hydrogens is 917 g/mol. The van der Waals surface area contributed by atoms with Crippen LogP contribution in [0.25, 0.3) is 22.0 Å². The summed E-state index contributed by atoms with van der Waals surface area (Å²) in [6, 6.07) is 9.24. The molecule has 2 saturated carbocycles. The number of nitrogens with zero attached hydrogens (tertiary/aromatic N) is 3. The second-order valence-corrected chi connectivity index (χ2v) is 22.6. The van der Waals surface area contributed by atoms with Gasteiger partial charge in [0.15, 0.2) is 5.75 Å². The molecule has 3 aromatic rings. The first-order valence-electron chi connectivity index (χ1n) is 23.5. The Kier molecular flexibility index (Phi) is 14.0. The van der Waals surface area contributed by atoms with Crippen LogP contribution in [0.15, 0.2) is 54.6 Å². The van der Waals surface area contributed by atoms with Crippen LogP contribution in [0.3, 0.4) is 0 Å². The van der Waals surface area contributed by atoms with Crippen molar-refractivity contribution >= 4 is 44.6 Å². The Hall–Kier alpha value is -5.72. The third-order valence-corrected chi connectivity index (χ3v) is 16.6. The van der Waals surface area contributed by atoms with Gasteiger partial charge in [-0.1, -0.05) is 26.0 Å². The van der Waals surface area contributed by atoms with Crippen LogP contribution in [0.4, 0.5) is 13.6 Å². The molecule has 2 aliphatic carbocycles. The summed E-state index contributed by atoms with van der Waals surface area (Å²) in [5.74, 6) is -6.24. The van der Waals surface area contributed by atoms with Gasteiger partial charge in [0.05, 0.1) is 31.6 Å². The molecule has 376 valence electrons. The molecule has 16 nitrogen and oxygen atoms in total. The van der Waals surface area contributed by atoms with E-state index in [1.165, 1.54) is 21.1 Å². The quantitative estimate of drug-likeness (QED) is 0.141. The Morgan fingerprint density at radius 2 is 1.67 bits per heavy atom. The van der Waals surface area contributed by atoms with Crippen LogP contribution in [0.2, 0.25) is 0 Å². The van der Waals surface area contributed by atoms with Crippen LogP contribution in [-0.4, -0.2) is 119 Å². The van der Waals surface area contributed by atoms with Crippen LogP contribution in [0, 0.1) is 17.8 Å². The molecule has 7 atom stereocenters. The number of sulfonamides is 1. The summed E-state index contributed by atoms with van der Waals surface area (Å²) in [5, 5.41) is 14.7. The lowest BCUT2D eigenvalue weighted by molar-refractivity contribution is -0.156. The Balaban J connectivity index is 1.34. The molecule has 3 fully saturated rings. The molecule has 69 heavy (non-hydrogen) atoms. The molecule has 1 saturated heterocycles. The minimum atomic E-state index is -4.13. The molecule has 0 radical (unpaired) electrons. The van der Waals surface area contributed by atoms with E-state index in [9.17, 15) is 27.9 Å². The van der Waals surface area contributed by atoms with Crippen molar-refractivity contribution in [3.8, 4) is 34.4 Å². The maximum atomic E-state index is 15.6. The average molecular weight is 982 g/mol. The topological polar surface area (TPSA) is 203 Å². The molecule has 1 aromatic heterocycles. The standard InChI is InChI=1S/C50H65F2N5O11S/c1-28(2)67-33-17-15-31(16-18-33)39-41(66-10)37-24-34(65-9)19-20-36(37)43(53-39)68-35-25-38-42(58)54-50(45(60)55-69(63,64)48(7)21-22-48)26-32(50)14-12-11-13-29(3)23-30(4)40(44(59)56(38)27-35)57(46(61)62)47(5,6)49(8,51)52/h12,14-20,24,28-30,32,35,38,40H,11,13,21-23,25-27H2,1-10H3,(H,54,58)(H,55,60)(H,61,62)/b14-12-/t29-,30+,32+,35+,38-,40-,50+/m0/s1. The van der Waals surface area contributed by atoms with E-state index in [1.807, 2.05) is 39.0 Å². The van der Waals surface area contributed by atoms with Gasteiger partial charge < -0.3 is 34.3 Å². The maximum Gasteiger partial charge on any atom is 0.408 e. The first-order valence-corrected chi connectivity index (χ1v) is 25.0. The zero-order valence-electron chi connectivity index (χ0n) is 40.9. The molecule has 0 spiro atoms. The number of hydrogen-bond acceptors (Lipinski definition) is 11. The third kappa shape index (κ3) is 10.0. The molecule has 7 rings (SSSR count). The van der Waals surface area contributed by atoms with Gasteiger partial charge in [0.2, 0.25) is 27.7 Å². The lowest BCUT2D eigenvalue weighted by atomic mass is 9.84. The highest BCUT2D eigenvalue weighted by Crippen LogP contribution is 2.48. The molecule has 0 bridgehead atoms. The number of halogens is 2. The summed E-state index contributed by atoms with van der Waals surface area (Å²) in [4.78, 5) is 64.6. The first-order chi connectivity index (χ1) is 32.3. The van der Waals surface area contributed by atoms with E-state index in [4.69, 9.17) is 23.9 Å². The molecule has 4 aliphatic rings. The van der Waals surface area contributed by atoms with Crippen molar-refractivity contribution in [2.24, 2.45) is 17.8 Å². The predicted octanol–water partition coefficient (Wildman–Crippen LogP) is 7.72. The summed E-state index contributed by atoms with van der Waals surface area (Å²) >= 11 is 0. The number of fused-ring (bicyclic) bond motifs is 3. The van der Waals surface area contributed by atoms with Gasteiger partial charge in [-0.15, -0.1) is 0 Å². The van der Waals surface area contributed by atoms with Crippen LogP contribution >= 0.6 is 0 Å². The van der Waals surface area contributed by atoms with E-state index in [2.05, 4.69) is 10.0 Å². The second-order valence-electron chi connectivity index (χ2n) is 20.4. The number of hydrogen-bond donors (Lipinski definition) is 3. The number of allylic oxidation sites excluding steroid dienone is 1. The van der Waals surface area contributed by atoms with Crippen molar-refractivity contribution in [2.75, 3.05) is 20.8 Å². The molecular formula is C50H65F2N5O11S. The third-order valence-electron chi connectivity index (χ3n) is 14.5. The van der Waals surface area contributed by atoms with E-state index in [0.717, 1.165) is 18.7 Å². The summed E-state index contributed by atoms with van der Waals surface area (Å²) in [5.41, 5.74) is -3.11. The van der Waals surface area contributed by atoms with Gasteiger partial charge in [0, 0.05) is 35.6 Å². The molecule has 0 unspecified atom stereocenters. The van der Waals surface area contributed by atoms with Crippen LogP contribution < -0.4 is 29.0 Å². The number of carbonyl (C=O) groups is 4. The number of carbonyl (C=O) groups excluding carboxylic acids is 3. The van der Waals surface area contributed by atoms with Gasteiger partial charge in [-0.3, -0.25) is 24.0 Å². The summed E-state index contributed by atoms with van der Waals surface area (Å²) in [6.45, 7) is 11.3. The van der Waals surface area contributed by atoms with E-state index in [-0.39, 0.29) is 43.7 Å². The second kappa shape index (κ2) is 18.9. The van der Waals surface area contributed by atoms with Gasteiger partial charge in [-0.05, 0) is 127 Å². The molecule has 19 heteroatoms. The Morgan fingerprint density at radius 3 is 2.26 bits per heavy atom. The number of methoxy groups -OCH3 is 2. The molecule has 4 amide bonds. The van der Waals surface area contributed by atoms with Crippen molar-refractivity contribution in [1.29, 1.82) is 0 Å². The van der Waals surface area contributed by atoms with Crippen LogP contribution in [0.5, 0.6) is 23.1 Å². The smallest absolute Gasteiger partial charge is 0.408 e. The fraction of sp³-hybridized carbons (Fsp3) is 0.580. The highest BCUT2D eigenvalue weighted by Gasteiger charge is 2.63. The van der Waals surface area contributed by atoms with E-state index in [0.29, 0.717) is 76.8 Å². The molecule has 3 N–H and O–H groups in total. The van der Waals surface area contributed by atoms with Crippen molar-refractivity contribution in [3.05, 3.63) is 54.6 Å². The van der Waals surface area contributed by atoms with E-state index >= 15 is 13.6 Å². The van der Waals surface area contributed by atoms with Gasteiger partial charge in [-0.25, -0.2) is 27.0 Å². The maximum absolute atomic E-state index is 15.6. The van der Waals surface area contributed by atoms with Gasteiger partial charge >= 0.3 is 6.09 Å². The Labute approximate surface area is 402 Å². The van der Waals surface area contributed by atoms with Crippen molar-refractivity contribution in [1.82, 2.24) is 24.8 Å². The van der Waals surface area contributed by atoms with Crippen molar-refractivity contribution in [2.45, 2.75) is 146 Å². The van der Waals surface area contributed by atoms with Gasteiger partial charge in [0.1, 0.15) is 46.5 Å². The van der Waals surface area contributed by atoms with E-state index in [1.54, 1.807) is 43.3 Å². The van der Waals surface area contributed by atoms with Crippen molar-refractivity contribution < 1.29 is 60.4 Å². The molecule has 2 aliphatic heterocycles. The first kappa shape index (κ1) is 51.1. The fourth-order valence-electron chi connectivity index (χ4n) is 9.64. The fourth-order valence-corrected chi connectivity index (χ4v) is 10.9. The number of carboxylic acid groups (broad SMARTS) is 1. The number of nitrogens with one attached hydrogen (secondary N) is 2. The number of aromatic nitrogens is 1. The monoisotopic (exact) mass is 981 g/mol. The molecule has 3 heterocycles. The molecule has 2 aromatic carbocycles.